The number of aliphatic hydroxyl groups is 1. The molecule has 0 aliphatic heterocycles. The molecule has 38 heavy (non-hydrogen) atoms. The molecule has 4 rings (SSSR count). The van der Waals surface area contributed by atoms with Crippen LogP contribution in [-0.4, -0.2) is 36.7 Å². The monoisotopic (exact) mass is 551 g/mol. The lowest BCUT2D eigenvalue weighted by atomic mass is 9.77. The van der Waals surface area contributed by atoms with Crippen molar-refractivity contribution in [3.63, 3.8) is 0 Å². The van der Waals surface area contributed by atoms with Gasteiger partial charge in [-0.3, -0.25) is 9.13 Å². The van der Waals surface area contributed by atoms with Crippen LogP contribution in [0.3, 0.4) is 0 Å². The van der Waals surface area contributed by atoms with Crippen molar-refractivity contribution >= 4 is 28.8 Å². The minimum Gasteiger partial charge on any atom is -0.456 e. The first-order chi connectivity index (χ1) is 17.7. The van der Waals surface area contributed by atoms with Crippen molar-refractivity contribution < 1.29 is 37.7 Å². The second-order valence-electron chi connectivity index (χ2n) is 8.58. The van der Waals surface area contributed by atoms with Crippen LogP contribution in [0.25, 0.3) is 11.0 Å². The second-order valence-corrected chi connectivity index (χ2v) is 8.98. The van der Waals surface area contributed by atoms with Crippen molar-refractivity contribution in [1.29, 1.82) is 0 Å². The predicted octanol–water partition coefficient (Wildman–Crippen LogP) is 5.33. The number of aromatic nitrogens is 3. The van der Waals surface area contributed by atoms with E-state index in [0.717, 1.165) is 12.1 Å². The van der Waals surface area contributed by atoms with Crippen LogP contribution in [0.2, 0.25) is 5.02 Å². The zero-order chi connectivity index (χ0) is 28.0. The zero-order valence-corrected chi connectivity index (χ0v) is 20.9. The summed E-state index contributed by atoms with van der Waals surface area (Å²) in [4.78, 5) is 26.6. The van der Waals surface area contributed by atoms with Crippen molar-refractivity contribution in [3.8, 4) is 17.4 Å². The Morgan fingerprint density at radius 2 is 1.68 bits per heavy atom. The normalized spacial score (nSPS) is 14.2. The third kappa shape index (κ3) is 4.68. The van der Waals surface area contributed by atoms with Crippen LogP contribution in [0, 0.1) is 0 Å². The first kappa shape index (κ1) is 27.0. The molecule has 2 atom stereocenters. The molecule has 2 aromatic heterocycles. The number of carboxylic acid groups (broad SMARTS) is 1. The Balaban J connectivity index is 1.68. The summed E-state index contributed by atoms with van der Waals surface area (Å²) in [5.41, 5.74) is -3.56. The van der Waals surface area contributed by atoms with Crippen LogP contribution in [0.15, 0.2) is 59.5 Å². The van der Waals surface area contributed by atoms with E-state index in [-0.39, 0.29) is 33.5 Å². The quantitative estimate of drug-likeness (QED) is 0.311. The average molecular weight is 552 g/mol. The van der Waals surface area contributed by atoms with Gasteiger partial charge in [0.1, 0.15) is 11.5 Å². The Kier molecular flexibility index (Phi) is 6.89. The summed E-state index contributed by atoms with van der Waals surface area (Å²) in [7, 11) is 2.93. The molecule has 0 saturated carbocycles. The van der Waals surface area contributed by atoms with E-state index >= 15 is 0 Å². The highest BCUT2D eigenvalue weighted by Crippen LogP contribution is 2.50. The van der Waals surface area contributed by atoms with E-state index in [0.29, 0.717) is 5.52 Å². The summed E-state index contributed by atoms with van der Waals surface area (Å²) in [5, 5.41) is 19.7. The predicted molar refractivity (Wildman–Crippen MR) is 131 cm³/mol. The van der Waals surface area contributed by atoms with Crippen molar-refractivity contribution in [2.45, 2.75) is 24.6 Å². The lowest BCUT2D eigenvalue weighted by molar-refractivity contribution is -0.274. The highest BCUT2D eigenvalue weighted by Gasteiger charge is 2.59. The average Bonchev–Trinajstić information content (AvgIpc) is 3.07. The van der Waals surface area contributed by atoms with E-state index in [9.17, 15) is 27.9 Å². The number of aryl methyl sites for hydroxylation is 2. The molecule has 0 spiro atoms. The third-order valence-electron chi connectivity index (χ3n) is 6.35. The number of benzene rings is 2. The van der Waals surface area contributed by atoms with Crippen LogP contribution in [0.5, 0.6) is 17.4 Å². The number of hydrogen-bond donors (Lipinski definition) is 2. The number of halogens is 4. The maximum absolute atomic E-state index is 14.5. The lowest BCUT2D eigenvalue weighted by Gasteiger charge is -2.37. The van der Waals surface area contributed by atoms with Gasteiger partial charge in [0.25, 0.3) is 0 Å². The Morgan fingerprint density at radius 1 is 1.03 bits per heavy atom. The fraction of sp³-hybridized carbons (Fsp3) is 0.240. The topological polar surface area (TPSA) is 116 Å². The van der Waals surface area contributed by atoms with Crippen LogP contribution in [0.1, 0.15) is 24.0 Å². The molecule has 2 heterocycles. The molecule has 2 N–H and O–H groups in total. The molecule has 0 aliphatic carbocycles. The first-order valence-corrected chi connectivity index (χ1v) is 11.4. The van der Waals surface area contributed by atoms with Gasteiger partial charge in [0, 0.05) is 31.1 Å². The van der Waals surface area contributed by atoms with Crippen molar-refractivity contribution in [1.82, 2.24) is 14.1 Å². The minimum atomic E-state index is -5.10. The van der Waals surface area contributed by atoms with E-state index in [1.165, 1.54) is 72.7 Å². The lowest BCUT2D eigenvalue weighted by Crippen LogP contribution is -2.46. The molecule has 4 aromatic rings. The number of hydrogen-bond acceptors (Lipinski definition) is 6. The van der Waals surface area contributed by atoms with E-state index < -0.39 is 35.1 Å². The van der Waals surface area contributed by atoms with Gasteiger partial charge in [0.15, 0.2) is 5.60 Å². The van der Waals surface area contributed by atoms with Gasteiger partial charge >= 0.3 is 18.0 Å². The molecule has 0 saturated heterocycles. The van der Waals surface area contributed by atoms with Crippen molar-refractivity contribution in [3.05, 3.63) is 81.4 Å². The first-order valence-electron chi connectivity index (χ1n) is 11.0. The van der Waals surface area contributed by atoms with Gasteiger partial charge in [-0.1, -0.05) is 30.7 Å². The maximum Gasteiger partial charge on any atom is 0.512 e. The third-order valence-corrected chi connectivity index (χ3v) is 6.67. The van der Waals surface area contributed by atoms with Crippen LogP contribution < -0.4 is 15.2 Å². The summed E-state index contributed by atoms with van der Waals surface area (Å²) in [6.45, 7) is 1.20. The molecule has 0 amide bonds. The van der Waals surface area contributed by atoms with Gasteiger partial charge in [-0.15, -0.1) is 0 Å². The molecule has 2 unspecified atom stereocenters. The van der Waals surface area contributed by atoms with Crippen LogP contribution in [0.4, 0.5) is 18.0 Å². The summed E-state index contributed by atoms with van der Waals surface area (Å²) in [5.74, 6) is -1.38. The van der Waals surface area contributed by atoms with Gasteiger partial charge in [0.05, 0.1) is 17.2 Å². The molecule has 9 nitrogen and oxygen atoms in total. The molecule has 0 aliphatic rings. The van der Waals surface area contributed by atoms with Crippen molar-refractivity contribution in [2.24, 2.45) is 14.1 Å². The van der Waals surface area contributed by atoms with Gasteiger partial charge in [-0.2, -0.15) is 13.2 Å². The number of ether oxygens (including phenoxy) is 2. The smallest absolute Gasteiger partial charge is 0.456 e. The summed E-state index contributed by atoms with van der Waals surface area (Å²) < 4.78 is 55.9. The molecule has 0 bridgehead atoms. The second kappa shape index (κ2) is 9.69. The Morgan fingerprint density at radius 3 is 2.26 bits per heavy atom. The van der Waals surface area contributed by atoms with E-state index in [2.05, 4.69) is 9.72 Å². The van der Waals surface area contributed by atoms with Crippen LogP contribution >= 0.6 is 11.6 Å². The number of alkyl halides is 3. The molecular weight excluding hydrogens is 531 g/mol. The van der Waals surface area contributed by atoms with Gasteiger partial charge in [-0.25, -0.2) is 14.6 Å². The van der Waals surface area contributed by atoms with Crippen LogP contribution in [-0.2, 0) is 19.7 Å². The standard InChI is InChI=1S/C25H21ClF3N3O6/c1-13(17-7-5-15(11-18(17)26)37-16-6-9-21(30-12-16)38-23(34)35)24(36,25(27,28)29)14-4-8-19-20(10-14)32(3)22(33)31(19)2/h4-13,36H,1-3H3,(H,34,35). The largest absolute Gasteiger partial charge is 0.512 e. The Labute approximate surface area is 218 Å². The highest BCUT2D eigenvalue weighted by molar-refractivity contribution is 6.31. The number of imidazole rings is 1. The molecule has 200 valence electrons. The molecule has 0 fully saturated rings. The fourth-order valence-corrected chi connectivity index (χ4v) is 4.60. The molecule has 13 heteroatoms. The van der Waals surface area contributed by atoms with Gasteiger partial charge in [-0.05, 0) is 41.5 Å². The van der Waals surface area contributed by atoms with E-state index in [1.807, 2.05) is 0 Å². The van der Waals surface area contributed by atoms with E-state index in [1.54, 1.807) is 0 Å². The van der Waals surface area contributed by atoms with E-state index in [4.69, 9.17) is 21.4 Å². The molecule has 0 radical (unpaired) electrons. The number of rotatable bonds is 6. The summed E-state index contributed by atoms with van der Waals surface area (Å²) in [6, 6.07) is 10.3. The number of pyridine rings is 1. The minimum absolute atomic E-state index is 0.00391. The Hall–Kier alpha value is -4.03. The SMILES string of the molecule is CC(c1ccc(Oc2ccc(OC(=O)O)nc2)cc1Cl)C(O)(c1ccc2c(c1)n(C)c(=O)n2C)C(F)(F)F. The van der Waals surface area contributed by atoms with Gasteiger partial charge < -0.3 is 19.7 Å². The summed E-state index contributed by atoms with van der Waals surface area (Å²) in [6.07, 6.45) is -5.44. The fourth-order valence-electron chi connectivity index (χ4n) is 4.26. The van der Waals surface area contributed by atoms with Gasteiger partial charge in [0.2, 0.25) is 5.88 Å². The zero-order valence-electron chi connectivity index (χ0n) is 20.2. The Bertz CT molecular complexity index is 1580. The van der Waals surface area contributed by atoms with Crippen molar-refractivity contribution in [2.75, 3.05) is 0 Å². The molecular formula is C25H21ClF3N3O6. The highest BCUT2D eigenvalue weighted by atomic mass is 35.5. The number of carbonyl (C=O) groups is 1. The maximum atomic E-state index is 14.5. The number of fused-ring (bicyclic) bond motifs is 1. The summed E-state index contributed by atoms with van der Waals surface area (Å²) >= 11 is 6.35. The number of nitrogens with zero attached hydrogens (tertiary/aromatic N) is 3. The molecule has 2 aromatic carbocycles.